The summed E-state index contributed by atoms with van der Waals surface area (Å²) in [6.07, 6.45) is 2.68. The number of aliphatic carboxylic acids is 1. The van der Waals surface area contributed by atoms with Crippen LogP contribution in [0, 0.1) is 6.92 Å². The zero-order chi connectivity index (χ0) is 26.3. The van der Waals surface area contributed by atoms with E-state index < -0.39 is 11.6 Å². The first-order valence-corrected chi connectivity index (χ1v) is 12.9. The molecule has 0 unspecified atom stereocenters. The number of aryl methyl sites for hydroxylation is 1. The maximum atomic E-state index is 15.2. The molecular weight excluding hydrogens is 487 g/mol. The summed E-state index contributed by atoms with van der Waals surface area (Å²) in [5.41, 5.74) is 3.42. The van der Waals surface area contributed by atoms with Crippen molar-refractivity contribution < 1.29 is 23.6 Å². The summed E-state index contributed by atoms with van der Waals surface area (Å²) >= 11 is 0. The van der Waals surface area contributed by atoms with Gasteiger partial charge in [0.25, 0.3) is 5.89 Å². The topological polar surface area (TPSA) is 103 Å². The lowest BCUT2D eigenvalue weighted by molar-refractivity contribution is -0.137. The molecule has 6 rings (SSSR count). The van der Waals surface area contributed by atoms with E-state index in [1.54, 1.807) is 12.1 Å². The smallest absolute Gasteiger partial charge is 0.304 e. The van der Waals surface area contributed by atoms with Crippen molar-refractivity contribution in [3.05, 3.63) is 77.0 Å². The standard InChI is InChI=1S/C29H29FN4O4/c1-19-15-24(32-34(19)18-20-3-2-4-23(16-20)28(9-10-28)17-25(35)36)27-31-26(33-38-27)21-5-7-22(8-6-21)29(30)11-13-37-14-12-29/h2-8,15-16H,9-14,17-18H2,1H3,(H,35,36). The first-order chi connectivity index (χ1) is 18.3. The predicted octanol–water partition coefficient (Wildman–Crippen LogP) is 5.44. The number of hydrogen-bond acceptors (Lipinski definition) is 6. The Morgan fingerprint density at radius 2 is 1.82 bits per heavy atom. The quantitative estimate of drug-likeness (QED) is 0.333. The van der Waals surface area contributed by atoms with Crippen LogP contribution in [0.25, 0.3) is 23.0 Å². The number of hydrogen-bond donors (Lipinski definition) is 1. The molecule has 1 N–H and O–H groups in total. The maximum absolute atomic E-state index is 15.2. The minimum atomic E-state index is -1.36. The number of carboxylic acid groups (broad SMARTS) is 1. The highest BCUT2D eigenvalue weighted by atomic mass is 19.1. The molecule has 0 amide bonds. The molecule has 3 heterocycles. The monoisotopic (exact) mass is 516 g/mol. The molecule has 2 aromatic heterocycles. The van der Waals surface area contributed by atoms with Gasteiger partial charge in [-0.15, -0.1) is 0 Å². The van der Waals surface area contributed by atoms with Gasteiger partial charge in [0.15, 0.2) is 5.69 Å². The number of benzene rings is 2. The Balaban J connectivity index is 1.18. The van der Waals surface area contributed by atoms with Crippen molar-refractivity contribution in [2.75, 3.05) is 13.2 Å². The second kappa shape index (κ2) is 9.47. The Hall–Kier alpha value is -3.85. The first-order valence-electron chi connectivity index (χ1n) is 12.9. The van der Waals surface area contributed by atoms with Crippen LogP contribution < -0.4 is 0 Å². The molecular formula is C29H29FN4O4. The lowest BCUT2D eigenvalue weighted by Crippen LogP contribution is -2.29. The number of aromatic nitrogens is 4. The van der Waals surface area contributed by atoms with Gasteiger partial charge in [0.2, 0.25) is 5.82 Å². The Bertz CT molecular complexity index is 1470. The summed E-state index contributed by atoms with van der Waals surface area (Å²) in [5.74, 6) is -0.0371. The van der Waals surface area contributed by atoms with Crippen LogP contribution in [0.3, 0.4) is 0 Å². The summed E-state index contributed by atoms with van der Waals surface area (Å²) in [6.45, 7) is 3.36. The van der Waals surface area contributed by atoms with Gasteiger partial charge in [0.05, 0.1) is 13.0 Å². The average Bonchev–Trinajstić information content (AvgIpc) is 3.35. The van der Waals surface area contributed by atoms with E-state index in [4.69, 9.17) is 9.26 Å². The number of halogens is 1. The molecule has 1 aliphatic heterocycles. The number of rotatable bonds is 8. The summed E-state index contributed by atoms with van der Waals surface area (Å²) < 4.78 is 27.9. The van der Waals surface area contributed by atoms with Gasteiger partial charge in [-0.1, -0.05) is 53.7 Å². The molecule has 2 fully saturated rings. The highest BCUT2D eigenvalue weighted by Crippen LogP contribution is 2.51. The van der Waals surface area contributed by atoms with Gasteiger partial charge in [0, 0.05) is 42.7 Å². The van der Waals surface area contributed by atoms with E-state index in [9.17, 15) is 9.90 Å². The van der Waals surface area contributed by atoms with Gasteiger partial charge >= 0.3 is 5.97 Å². The van der Waals surface area contributed by atoms with Crippen LogP contribution in [0.1, 0.15) is 54.5 Å². The van der Waals surface area contributed by atoms with Crippen molar-refractivity contribution in [2.45, 2.75) is 56.7 Å². The third kappa shape index (κ3) is 4.74. The molecule has 8 nitrogen and oxygen atoms in total. The molecule has 2 aliphatic rings. The molecule has 9 heteroatoms. The maximum Gasteiger partial charge on any atom is 0.304 e. The van der Waals surface area contributed by atoms with Crippen LogP contribution in [0.5, 0.6) is 0 Å². The molecule has 0 bridgehead atoms. The Kier molecular flexibility index (Phi) is 6.10. The number of ether oxygens (including phenoxy) is 1. The molecule has 1 saturated heterocycles. The fourth-order valence-corrected chi connectivity index (χ4v) is 5.30. The Morgan fingerprint density at radius 1 is 1.05 bits per heavy atom. The van der Waals surface area contributed by atoms with Crippen LogP contribution in [0.2, 0.25) is 0 Å². The van der Waals surface area contributed by atoms with Crippen LogP contribution >= 0.6 is 0 Å². The molecule has 0 spiro atoms. The Morgan fingerprint density at radius 3 is 2.53 bits per heavy atom. The van der Waals surface area contributed by atoms with E-state index in [0.29, 0.717) is 55.6 Å². The Labute approximate surface area is 219 Å². The fourth-order valence-electron chi connectivity index (χ4n) is 5.30. The average molecular weight is 517 g/mol. The van der Waals surface area contributed by atoms with Crippen LogP contribution in [-0.4, -0.2) is 44.2 Å². The number of carbonyl (C=O) groups is 1. The second-order valence-electron chi connectivity index (χ2n) is 10.5. The third-order valence-corrected chi connectivity index (χ3v) is 7.79. The molecule has 38 heavy (non-hydrogen) atoms. The van der Waals surface area contributed by atoms with Crippen molar-refractivity contribution in [3.63, 3.8) is 0 Å². The number of alkyl halides is 1. The van der Waals surface area contributed by atoms with Gasteiger partial charge in [-0.2, -0.15) is 10.1 Å². The van der Waals surface area contributed by atoms with Crippen LogP contribution in [0.15, 0.2) is 59.1 Å². The normalized spacial score (nSPS) is 17.8. The summed E-state index contributed by atoms with van der Waals surface area (Å²) in [7, 11) is 0. The van der Waals surface area contributed by atoms with E-state index in [1.165, 1.54) is 0 Å². The minimum Gasteiger partial charge on any atom is -0.481 e. The van der Waals surface area contributed by atoms with Gasteiger partial charge in [0.1, 0.15) is 5.67 Å². The molecule has 0 atom stereocenters. The van der Waals surface area contributed by atoms with Crippen molar-refractivity contribution in [1.82, 2.24) is 19.9 Å². The van der Waals surface area contributed by atoms with E-state index in [0.717, 1.165) is 35.2 Å². The molecule has 2 aromatic carbocycles. The molecule has 4 aromatic rings. The van der Waals surface area contributed by atoms with Crippen molar-refractivity contribution in [1.29, 1.82) is 0 Å². The van der Waals surface area contributed by atoms with E-state index in [2.05, 4.69) is 21.3 Å². The lowest BCUT2D eigenvalue weighted by Gasteiger charge is -2.29. The largest absolute Gasteiger partial charge is 0.481 e. The van der Waals surface area contributed by atoms with Crippen LogP contribution in [0.4, 0.5) is 4.39 Å². The van der Waals surface area contributed by atoms with Crippen molar-refractivity contribution in [2.24, 2.45) is 0 Å². The molecule has 196 valence electrons. The highest BCUT2D eigenvalue weighted by Gasteiger charge is 2.46. The predicted molar refractivity (Wildman–Crippen MR) is 137 cm³/mol. The second-order valence-corrected chi connectivity index (χ2v) is 10.5. The van der Waals surface area contributed by atoms with Gasteiger partial charge in [-0.25, -0.2) is 4.39 Å². The van der Waals surface area contributed by atoms with E-state index in [-0.39, 0.29) is 11.8 Å². The lowest BCUT2D eigenvalue weighted by atomic mass is 9.88. The highest BCUT2D eigenvalue weighted by molar-refractivity contribution is 5.70. The van der Waals surface area contributed by atoms with Gasteiger partial charge < -0.3 is 14.4 Å². The van der Waals surface area contributed by atoms with Crippen molar-refractivity contribution >= 4 is 5.97 Å². The van der Waals surface area contributed by atoms with E-state index >= 15 is 4.39 Å². The molecule has 1 saturated carbocycles. The first kappa shape index (κ1) is 24.5. The zero-order valence-electron chi connectivity index (χ0n) is 21.2. The summed E-state index contributed by atoms with van der Waals surface area (Å²) in [4.78, 5) is 15.8. The number of nitrogens with zero attached hydrogens (tertiary/aromatic N) is 4. The SMILES string of the molecule is Cc1cc(-c2nc(-c3ccc(C4(F)CCOCC4)cc3)no2)nn1Cc1cccc(C2(CC(=O)O)CC2)c1. The van der Waals surface area contributed by atoms with Crippen LogP contribution in [-0.2, 0) is 27.2 Å². The van der Waals surface area contributed by atoms with Gasteiger partial charge in [-0.05, 0) is 42.5 Å². The fraction of sp³-hybridized carbons (Fsp3) is 0.379. The summed E-state index contributed by atoms with van der Waals surface area (Å²) in [5, 5.41) is 18.1. The van der Waals surface area contributed by atoms with E-state index in [1.807, 2.05) is 48.0 Å². The molecule has 0 radical (unpaired) electrons. The van der Waals surface area contributed by atoms with Crippen molar-refractivity contribution in [3.8, 4) is 23.0 Å². The third-order valence-electron chi connectivity index (χ3n) is 7.79. The minimum absolute atomic E-state index is 0.160. The molecule has 1 aliphatic carbocycles. The summed E-state index contributed by atoms with van der Waals surface area (Å²) in [6, 6.07) is 17.2. The van der Waals surface area contributed by atoms with Gasteiger partial charge in [-0.3, -0.25) is 9.48 Å². The number of carboxylic acids is 1. The zero-order valence-corrected chi connectivity index (χ0v) is 21.2.